The van der Waals surface area contributed by atoms with E-state index in [4.69, 9.17) is 14.5 Å². The molecule has 3 fully saturated rings. The van der Waals surface area contributed by atoms with Crippen LogP contribution in [0, 0.1) is 0 Å². The number of hydrogen-bond acceptors (Lipinski definition) is 9. The molecule has 6 heterocycles. The van der Waals surface area contributed by atoms with Gasteiger partial charge in [0.25, 0.3) is 0 Å². The number of morpholine rings is 2. The first kappa shape index (κ1) is 21.8. The molecule has 0 amide bonds. The second-order valence-corrected chi connectivity index (χ2v) is 11.4. The topological polar surface area (TPSA) is 118 Å². The highest BCUT2D eigenvalue weighted by Gasteiger charge is 2.40. The molecule has 0 aliphatic carbocycles. The number of hydrogen-bond donors (Lipinski definition) is 1. The number of pyridine rings is 1. The van der Waals surface area contributed by atoms with Crippen LogP contribution in [-0.2, 0) is 19.3 Å². The maximum absolute atomic E-state index is 13.2. The maximum atomic E-state index is 13.2. The molecule has 3 aliphatic rings. The van der Waals surface area contributed by atoms with Crippen molar-refractivity contribution in [2.75, 3.05) is 48.5 Å². The van der Waals surface area contributed by atoms with Gasteiger partial charge in [0.1, 0.15) is 5.82 Å². The third-order valence-electron chi connectivity index (χ3n) is 7.14. The average molecular weight is 488 g/mol. The minimum Gasteiger partial charge on any atom is -0.377 e. The summed E-state index contributed by atoms with van der Waals surface area (Å²) in [6, 6.07) is 4.43. The Morgan fingerprint density at radius 3 is 2.65 bits per heavy atom. The highest BCUT2D eigenvalue weighted by atomic mass is 32.2. The van der Waals surface area contributed by atoms with Gasteiger partial charge in [0.2, 0.25) is 0 Å². The summed E-state index contributed by atoms with van der Waals surface area (Å²) in [7, 11) is -3.62. The van der Waals surface area contributed by atoms with Crippen LogP contribution >= 0.6 is 0 Å². The molecule has 182 valence electrons. The molecule has 1 N–H and O–H groups in total. The lowest BCUT2D eigenvalue weighted by Crippen LogP contribution is -2.47. The quantitative estimate of drug-likeness (QED) is 0.571. The van der Waals surface area contributed by atoms with Crippen LogP contribution in [0.2, 0.25) is 0 Å². The summed E-state index contributed by atoms with van der Waals surface area (Å²) < 4.78 is 39.5. The molecule has 3 atom stereocenters. The van der Waals surface area contributed by atoms with E-state index in [0.717, 1.165) is 24.3 Å². The minimum atomic E-state index is -3.62. The number of H-pyrrole nitrogens is 1. The number of aromatic nitrogens is 5. The number of aromatic amines is 1. The number of anilines is 2. The minimum absolute atomic E-state index is 0.0461. The van der Waals surface area contributed by atoms with E-state index in [1.54, 1.807) is 23.9 Å². The highest BCUT2D eigenvalue weighted by Crippen LogP contribution is 2.40. The third kappa shape index (κ3) is 3.38. The Hall–Kier alpha value is -2.70. The highest BCUT2D eigenvalue weighted by molar-refractivity contribution is 7.91. The number of ether oxygens (including phenoxy) is 2. The van der Waals surface area contributed by atoms with Crippen LogP contribution in [0.5, 0.6) is 0 Å². The lowest BCUT2D eigenvalue weighted by Gasteiger charge is -2.38. The van der Waals surface area contributed by atoms with Crippen LogP contribution in [0.15, 0.2) is 23.4 Å². The molecule has 34 heavy (non-hydrogen) atoms. The Labute approximate surface area is 197 Å². The van der Waals surface area contributed by atoms with E-state index in [1.807, 2.05) is 0 Å². The Kier molecular flexibility index (Phi) is 5.26. The Bertz CT molecular complexity index is 1290. The lowest BCUT2D eigenvalue weighted by molar-refractivity contribution is 0.0902. The smallest absolute Gasteiger partial charge is 0.197 e. The first-order valence-electron chi connectivity index (χ1n) is 11.8. The van der Waals surface area contributed by atoms with E-state index < -0.39 is 9.84 Å². The molecular formula is C22H29N7O4S. The van der Waals surface area contributed by atoms with Crippen LogP contribution in [-0.4, -0.2) is 90.2 Å². The Morgan fingerprint density at radius 1 is 1.18 bits per heavy atom. The molecule has 0 spiro atoms. The van der Waals surface area contributed by atoms with E-state index in [0.29, 0.717) is 49.8 Å². The summed E-state index contributed by atoms with van der Waals surface area (Å²) in [5, 5.41) is 12.2. The second kappa shape index (κ2) is 8.21. The number of sulfone groups is 1. The molecule has 3 aromatic heterocycles. The third-order valence-corrected chi connectivity index (χ3v) is 8.78. The summed E-state index contributed by atoms with van der Waals surface area (Å²) in [4.78, 5) is 9.63. The van der Waals surface area contributed by atoms with Gasteiger partial charge in [0, 0.05) is 24.7 Å². The fraction of sp³-hybridized carbons (Fsp3) is 0.591. The summed E-state index contributed by atoms with van der Waals surface area (Å²) >= 11 is 0. The number of rotatable bonds is 5. The SMILES string of the molecule is CCS(=O)(=O)c1nn(-c2ccn[nH]2)c2nc(N3C4CCC3COC4)cc(N3CCOC[C@H]3C)c12. The molecule has 3 aromatic rings. The van der Waals surface area contributed by atoms with Crippen molar-refractivity contribution >= 4 is 32.4 Å². The molecule has 0 radical (unpaired) electrons. The number of nitrogens with one attached hydrogen (secondary N) is 1. The van der Waals surface area contributed by atoms with Crippen LogP contribution in [0.4, 0.5) is 11.5 Å². The van der Waals surface area contributed by atoms with Gasteiger partial charge in [-0.25, -0.2) is 13.4 Å². The molecule has 12 heteroatoms. The van der Waals surface area contributed by atoms with Crippen molar-refractivity contribution in [1.82, 2.24) is 25.0 Å². The van der Waals surface area contributed by atoms with Crippen LogP contribution < -0.4 is 9.80 Å². The van der Waals surface area contributed by atoms with Gasteiger partial charge in [-0.2, -0.15) is 14.9 Å². The molecule has 0 aromatic carbocycles. The molecule has 3 saturated heterocycles. The van der Waals surface area contributed by atoms with Gasteiger partial charge in [0.15, 0.2) is 26.3 Å². The summed E-state index contributed by atoms with van der Waals surface area (Å²) in [6.07, 6.45) is 3.74. The van der Waals surface area contributed by atoms with Gasteiger partial charge in [0.05, 0.1) is 61.5 Å². The van der Waals surface area contributed by atoms with E-state index >= 15 is 0 Å². The summed E-state index contributed by atoms with van der Waals surface area (Å²) in [5.41, 5.74) is 1.34. The predicted octanol–water partition coefficient (Wildman–Crippen LogP) is 1.53. The molecular weight excluding hydrogens is 458 g/mol. The Morgan fingerprint density at radius 2 is 1.97 bits per heavy atom. The van der Waals surface area contributed by atoms with Crippen molar-refractivity contribution in [2.45, 2.75) is 49.8 Å². The standard InChI is InChI=1S/C22H29N7O4S/c1-3-34(30,31)22-20-17(27-8-9-32-11-14(27)2)10-19(28-15-4-5-16(28)13-33-12-15)24-21(20)29(26-22)18-6-7-23-25-18/h6-7,10,14-16H,3-5,8-9,11-13H2,1-2H3,(H,23,25)/t14-,15?,16?/m1/s1. The fourth-order valence-electron chi connectivity index (χ4n) is 5.39. The zero-order valence-corrected chi connectivity index (χ0v) is 20.2. The van der Waals surface area contributed by atoms with Crippen LogP contribution in [0.3, 0.4) is 0 Å². The zero-order valence-electron chi connectivity index (χ0n) is 19.3. The van der Waals surface area contributed by atoms with Gasteiger partial charge in [-0.05, 0) is 19.8 Å². The van der Waals surface area contributed by atoms with Gasteiger partial charge in [-0.3, -0.25) is 5.10 Å². The Balaban J connectivity index is 1.65. The van der Waals surface area contributed by atoms with Crippen molar-refractivity contribution in [2.24, 2.45) is 0 Å². The van der Waals surface area contributed by atoms with E-state index in [-0.39, 0.29) is 28.9 Å². The fourth-order valence-corrected chi connectivity index (χ4v) is 6.37. The van der Waals surface area contributed by atoms with E-state index in [9.17, 15) is 8.42 Å². The van der Waals surface area contributed by atoms with Crippen molar-refractivity contribution in [1.29, 1.82) is 0 Å². The van der Waals surface area contributed by atoms with Crippen molar-refractivity contribution in [3.63, 3.8) is 0 Å². The number of nitrogens with zero attached hydrogens (tertiary/aromatic N) is 6. The normalized spacial score (nSPS) is 25.4. The van der Waals surface area contributed by atoms with Gasteiger partial charge >= 0.3 is 0 Å². The summed E-state index contributed by atoms with van der Waals surface area (Å²) in [6.45, 7) is 6.90. The van der Waals surface area contributed by atoms with Gasteiger partial charge in [-0.15, -0.1) is 0 Å². The number of fused-ring (bicyclic) bond motifs is 3. The monoisotopic (exact) mass is 487 g/mol. The lowest BCUT2D eigenvalue weighted by atomic mass is 10.1. The van der Waals surface area contributed by atoms with Gasteiger partial charge < -0.3 is 19.3 Å². The second-order valence-electron chi connectivity index (χ2n) is 9.21. The molecule has 2 bridgehead atoms. The maximum Gasteiger partial charge on any atom is 0.197 e. The van der Waals surface area contributed by atoms with E-state index in [1.165, 1.54) is 0 Å². The van der Waals surface area contributed by atoms with Crippen molar-refractivity contribution < 1.29 is 17.9 Å². The molecule has 6 rings (SSSR count). The van der Waals surface area contributed by atoms with Gasteiger partial charge in [-0.1, -0.05) is 6.92 Å². The van der Waals surface area contributed by atoms with Crippen LogP contribution in [0.1, 0.15) is 26.7 Å². The first-order chi connectivity index (χ1) is 16.5. The molecule has 0 saturated carbocycles. The molecule has 11 nitrogen and oxygen atoms in total. The van der Waals surface area contributed by atoms with Crippen molar-refractivity contribution in [3.8, 4) is 5.82 Å². The van der Waals surface area contributed by atoms with Crippen molar-refractivity contribution in [3.05, 3.63) is 18.3 Å². The summed E-state index contributed by atoms with van der Waals surface area (Å²) in [5.74, 6) is 1.35. The largest absolute Gasteiger partial charge is 0.377 e. The van der Waals surface area contributed by atoms with Crippen LogP contribution in [0.25, 0.3) is 16.9 Å². The molecule has 2 unspecified atom stereocenters. The zero-order chi connectivity index (χ0) is 23.4. The average Bonchev–Trinajstić information content (AvgIpc) is 3.55. The van der Waals surface area contributed by atoms with E-state index in [2.05, 4.69) is 38.1 Å². The first-order valence-corrected chi connectivity index (χ1v) is 13.5. The molecule has 3 aliphatic heterocycles. The predicted molar refractivity (Wildman–Crippen MR) is 126 cm³/mol.